The first kappa shape index (κ1) is 24.9. The number of alkyl halides is 3. The lowest BCUT2D eigenvalue weighted by atomic mass is 10.0. The Bertz CT molecular complexity index is 1160. The van der Waals surface area contributed by atoms with E-state index in [4.69, 9.17) is 5.26 Å². The quantitative estimate of drug-likeness (QED) is 0.637. The van der Waals surface area contributed by atoms with Gasteiger partial charge in [-0.2, -0.15) is 23.7 Å². The molecule has 12 heteroatoms. The van der Waals surface area contributed by atoms with Gasteiger partial charge in [0.2, 0.25) is 0 Å². The van der Waals surface area contributed by atoms with Crippen LogP contribution in [0.3, 0.4) is 0 Å². The number of hydrogen-bond acceptors (Lipinski definition) is 7. The normalized spacial score (nSPS) is 16.3. The molecule has 2 aromatic rings. The number of nitrogens with one attached hydrogen (secondary N) is 1. The lowest BCUT2D eigenvalue weighted by Crippen LogP contribution is -2.55. The first-order chi connectivity index (χ1) is 15.9. The van der Waals surface area contributed by atoms with E-state index in [2.05, 4.69) is 10.3 Å². The van der Waals surface area contributed by atoms with Gasteiger partial charge in [-0.15, -0.1) is 0 Å². The third-order valence-corrected chi connectivity index (χ3v) is 5.38. The Balaban J connectivity index is 1.64. The number of hydrogen-bond donors (Lipinski definition) is 2. The van der Waals surface area contributed by atoms with Crippen LogP contribution in [0.5, 0.6) is 0 Å². The zero-order chi connectivity index (χ0) is 25.1. The maximum absolute atomic E-state index is 13.6. The van der Waals surface area contributed by atoms with Crippen LogP contribution in [0.25, 0.3) is 0 Å². The number of anilines is 2. The van der Waals surface area contributed by atoms with Gasteiger partial charge in [-0.25, -0.2) is 9.37 Å². The van der Waals surface area contributed by atoms with Crippen molar-refractivity contribution in [3.8, 4) is 12.1 Å². The van der Waals surface area contributed by atoms with Gasteiger partial charge in [-0.05, 0) is 25.1 Å². The average molecular weight is 476 g/mol. The van der Waals surface area contributed by atoms with Crippen LogP contribution in [0, 0.1) is 28.5 Å². The molecule has 178 valence electrons. The van der Waals surface area contributed by atoms with Crippen LogP contribution in [0.15, 0.2) is 30.5 Å². The smallest absolute Gasteiger partial charge is 0.379 e. The number of pyridine rings is 1. The molecule has 2 heterocycles. The maximum atomic E-state index is 13.6. The molecule has 1 aliphatic heterocycles. The predicted molar refractivity (Wildman–Crippen MR) is 113 cm³/mol. The van der Waals surface area contributed by atoms with Gasteiger partial charge in [0.25, 0.3) is 5.91 Å². The van der Waals surface area contributed by atoms with Gasteiger partial charge in [-0.1, -0.05) is 0 Å². The van der Waals surface area contributed by atoms with E-state index in [9.17, 15) is 32.7 Å². The highest BCUT2D eigenvalue weighted by Crippen LogP contribution is 2.33. The van der Waals surface area contributed by atoms with Gasteiger partial charge < -0.3 is 15.3 Å². The van der Waals surface area contributed by atoms with Gasteiger partial charge in [-0.3, -0.25) is 9.69 Å². The fraction of sp³-hybridized carbons (Fsp3) is 0.364. The summed E-state index contributed by atoms with van der Waals surface area (Å²) in [5.41, 5.74) is -3.47. The molecule has 0 spiro atoms. The standard InChI is InChI=1S/C22H20F4N6O2/c1-21(34,20(33)30-16-3-2-14(10-27)17(9-16)22(24,25)26)13-31-4-6-32(7-5-31)19-8-15(23)12-29-18(19)11-28/h2-3,8-9,12,34H,4-7,13H2,1H3,(H,30,33)/t21-/m0/s1. The van der Waals surface area contributed by atoms with Crippen molar-refractivity contribution < 1.29 is 27.5 Å². The van der Waals surface area contributed by atoms with Crippen LogP contribution < -0.4 is 10.2 Å². The van der Waals surface area contributed by atoms with Gasteiger partial charge >= 0.3 is 6.18 Å². The number of benzene rings is 1. The Morgan fingerprint density at radius 1 is 1.18 bits per heavy atom. The molecule has 3 rings (SSSR count). The number of halogens is 4. The van der Waals surface area contributed by atoms with Gasteiger partial charge in [0.1, 0.15) is 11.9 Å². The lowest BCUT2D eigenvalue weighted by molar-refractivity contribution is -0.138. The maximum Gasteiger partial charge on any atom is 0.417 e. The second-order valence-corrected chi connectivity index (χ2v) is 7.99. The van der Waals surface area contributed by atoms with Crippen LogP contribution in [0.1, 0.15) is 23.7 Å². The molecule has 1 saturated heterocycles. The molecule has 1 aromatic heterocycles. The molecule has 34 heavy (non-hydrogen) atoms. The zero-order valence-electron chi connectivity index (χ0n) is 18.0. The van der Waals surface area contributed by atoms with Crippen molar-refractivity contribution in [1.29, 1.82) is 10.5 Å². The molecule has 1 aromatic carbocycles. The van der Waals surface area contributed by atoms with Crippen molar-refractivity contribution in [3.63, 3.8) is 0 Å². The summed E-state index contributed by atoms with van der Waals surface area (Å²) < 4.78 is 53.0. The molecule has 1 fully saturated rings. The van der Waals surface area contributed by atoms with Gasteiger partial charge in [0.05, 0.1) is 29.1 Å². The molecule has 8 nitrogen and oxygen atoms in total. The Morgan fingerprint density at radius 2 is 1.85 bits per heavy atom. The molecule has 1 amide bonds. The summed E-state index contributed by atoms with van der Waals surface area (Å²) in [6, 6.07) is 7.34. The first-order valence-electron chi connectivity index (χ1n) is 10.1. The number of piperazine rings is 1. The molecule has 0 saturated carbocycles. The van der Waals surface area contributed by atoms with E-state index in [1.54, 1.807) is 9.80 Å². The van der Waals surface area contributed by atoms with Crippen LogP contribution in [-0.2, 0) is 11.0 Å². The summed E-state index contributed by atoms with van der Waals surface area (Å²) in [4.78, 5) is 19.9. The Kier molecular flexibility index (Phi) is 7.05. The van der Waals surface area contributed by atoms with Crippen LogP contribution in [-0.4, -0.2) is 59.2 Å². The van der Waals surface area contributed by atoms with Crippen molar-refractivity contribution >= 4 is 17.3 Å². The molecular weight excluding hydrogens is 456 g/mol. The summed E-state index contributed by atoms with van der Waals surface area (Å²) >= 11 is 0. The number of carbonyl (C=O) groups is 1. The van der Waals surface area contributed by atoms with E-state index >= 15 is 0 Å². The van der Waals surface area contributed by atoms with E-state index in [0.717, 1.165) is 18.3 Å². The van der Waals surface area contributed by atoms with Crippen LogP contribution in [0.2, 0.25) is 0 Å². The zero-order valence-corrected chi connectivity index (χ0v) is 18.0. The second-order valence-electron chi connectivity index (χ2n) is 7.99. The highest BCUT2D eigenvalue weighted by molar-refractivity contribution is 5.97. The number of carbonyl (C=O) groups excluding carboxylic acids is 1. The van der Waals surface area contributed by atoms with Crippen molar-refractivity contribution in [2.75, 3.05) is 42.9 Å². The third kappa shape index (κ3) is 5.60. The van der Waals surface area contributed by atoms with E-state index in [1.807, 2.05) is 6.07 Å². The molecule has 0 radical (unpaired) electrons. The van der Waals surface area contributed by atoms with E-state index < -0.39 is 34.6 Å². The summed E-state index contributed by atoms with van der Waals surface area (Å²) in [5, 5.41) is 31.0. The van der Waals surface area contributed by atoms with Gasteiger partial charge in [0, 0.05) is 44.5 Å². The number of β-amino-alcohol motifs (C(OH)–C–C–N with tert-alkyl or cyclic N) is 1. The SMILES string of the molecule is C[C@](O)(CN1CCN(c2cc(F)cnc2C#N)CC1)C(=O)Nc1ccc(C#N)c(C(F)(F)F)c1. The number of nitriles is 2. The minimum atomic E-state index is -4.78. The number of rotatable bonds is 5. The minimum absolute atomic E-state index is 0.0851. The molecule has 0 bridgehead atoms. The van der Waals surface area contributed by atoms with Crippen molar-refractivity contribution in [1.82, 2.24) is 9.88 Å². The number of amides is 1. The molecule has 1 atom stereocenters. The highest BCUT2D eigenvalue weighted by Gasteiger charge is 2.36. The van der Waals surface area contributed by atoms with E-state index in [0.29, 0.717) is 37.9 Å². The minimum Gasteiger partial charge on any atom is -0.379 e. The number of aromatic nitrogens is 1. The molecule has 0 aliphatic carbocycles. The van der Waals surface area contributed by atoms with Crippen molar-refractivity contribution in [2.45, 2.75) is 18.7 Å². The summed E-state index contributed by atoms with van der Waals surface area (Å²) in [6.45, 7) is 2.64. The van der Waals surface area contributed by atoms with Crippen LogP contribution >= 0.6 is 0 Å². The Morgan fingerprint density at radius 3 is 2.44 bits per heavy atom. The molecule has 0 unspecified atom stereocenters. The molecule has 2 N–H and O–H groups in total. The topological polar surface area (TPSA) is 116 Å². The monoisotopic (exact) mass is 476 g/mol. The van der Waals surface area contributed by atoms with Crippen LogP contribution in [0.4, 0.5) is 28.9 Å². The number of nitrogens with zero attached hydrogens (tertiary/aromatic N) is 5. The van der Waals surface area contributed by atoms with Crippen molar-refractivity contribution in [2.24, 2.45) is 0 Å². The van der Waals surface area contributed by atoms with E-state index in [1.165, 1.54) is 19.1 Å². The summed E-state index contributed by atoms with van der Waals surface area (Å²) in [5.74, 6) is -1.48. The second kappa shape index (κ2) is 9.63. The van der Waals surface area contributed by atoms with Gasteiger partial charge in [0.15, 0.2) is 11.3 Å². The Hall–Kier alpha value is -3.74. The Labute approximate surface area is 192 Å². The van der Waals surface area contributed by atoms with Crippen molar-refractivity contribution in [3.05, 3.63) is 53.1 Å². The third-order valence-electron chi connectivity index (χ3n) is 5.38. The lowest BCUT2D eigenvalue weighted by Gasteiger charge is -2.38. The summed E-state index contributed by atoms with van der Waals surface area (Å²) in [7, 11) is 0. The average Bonchev–Trinajstić information content (AvgIpc) is 2.78. The van der Waals surface area contributed by atoms with E-state index in [-0.39, 0.29) is 17.9 Å². The molecule has 1 aliphatic rings. The predicted octanol–water partition coefficient (Wildman–Crippen LogP) is 2.49. The fourth-order valence-corrected chi connectivity index (χ4v) is 3.63. The largest absolute Gasteiger partial charge is 0.417 e. The first-order valence-corrected chi connectivity index (χ1v) is 10.1. The molecular formula is C22H20F4N6O2. The number of aliphatic hydroxyl groups is 1. The fourth-order valence-electron chi connectivity index (χ4n) is 3.63. The highest BCUT2D eigenvalue weighted by atomic mass is 19.4. The summed E-state index contributed by atoms with van der Waals surface area (Å²) in [6.07, 6.45) is -3.82.